The Morgan fingerprint density at radius 1 is 1.09 bits per heavy atom. The molecule has 0 atom stereocenters. The van der Waals surface area contributed by atoms with Crippen LogP contribution in [-0.2, 0) is 8.85 Å². The largest absolute Gasteiger partial charge is 0.429 e. The van der Waals surface area contributed by atoms with Crippen LogP contribution >= 0.6 is 0 Å². The lowest BCUT2D eigenvalue weighted by Gasteiger charge is -2.37. The Labute approximate surface area is 70.4 Å². The molecule has 1 N–H and O–H groups in total. The monoisotopic (exact) mass is 177 g/mol. The van der Waals surface area contributed by atoms with Crippen molar-refractivity contribution in [2.75, 3.05) is 21.3 Å². The van der Waals surface area contributed by atoms with Gasteiger partial charge < -0.3 is 8.85 Å². The first-order chi connectivity index (χ1) is 4.93. The van der Waals surface area contributed by atoms with Gasteiger partial charge in [0.25, 0.3) is 0 Å². The Hall–Kier alpha value is 0.0969. The molecule has 0 saturated heterocycles. The maximum Gasteiger partial charge on any atom is 0.429 e. The van der Waals surface area contributed by atoms with Gasteiger partial charge >= 0.3 is 8.72 Å². The van der Waals surface area contributed by atoms with Crippen molar-refractivity contribution < 1.29 is 8.85 Å². The van der Waals surface area contributed by atoms with Crippen LogP contribution in [0.1, 0.15) is 20.8 Å². The molecule has 0 spiro atoms. The Bertz CT molecular complexity index is 110. The molecule has 68 valence electrons. The molecule has 0 radical (unpaired) electrons. The first kappa shape index (κ1) is 11.1. The molecule has 0 heterocycles. The van der Waals surface area contributed by atoms with Crippen LogP contribution in [0.4, 0.5) is 0 Å². The predicted octanol–water partition coefficient (Wildman–Crippen LogP) is 1.24. The fourth-order valence-electron chi connectivity index (χ4n) is 1.27. The van der Waals surface area contributed by atoms with Crippen LogP contribution in [0.2, 0.25) is 5.04 Å². The predicted molar refractivity (Wildman–Crippen MR) is 48.5 cm³/mol. The van der Waals surface area contributed by atoms with E-state index in [0.717, 1.165) is 0 Å². The third kappa shape index (κ3) is 2.02. The van der Waals surface area contributed by atoms with E-state index in [1.807, 2.05) is 7.05 Å². The zero-order chi connectivity index (χ0) is 9.12. The summed E-state index contributed by atoms with van der Waals surface area (Å²) >= 11 is 0. The highest BCUT2D eigenvalue weighted by atomic mass is 28.4. The lowest BCUT2D eigenvalue weighted by atomic mass is 10.3. The quantitative estimate of drug-likeness (QED) is 0.658. The molecule has 0 aromatic heterocycles. The topological polar surface area (TPSA) is 30.5 Å². The Morgan fingerprint density at radius 2 is 1.45 bits per heavy atom. The van der Waals surface area contributed by atoms with E-state index in [1.54, 1.807) is 14.2 Å². The van der Waals surface area contributed by atoms with E-state index in [9.17, 15) is 0 Å². The van der Waals surface area contributed by atoms with Crippen LogP contribution in [0.5, 0.6) is 0 Å². The Kier molecular flexibility index (Phi) is 3.70. The maximum atomic E-state index is 5.41. The molecule has 0 rings (SSSR count). The number of hydrogen-bond donors (Lipinski definition) is 1. The molecule has 0 aliphatic heterocycles. The summed E-state index contributed by atoms with van der Waals surface area (Å²) < 4.78 is 10.8. The second-order valence-corrected chi connectivity index (χ2v) is 7.57. The van der Waals surface area contributed by atoms with Crippen LogP contribution in [-0.4, -0.2) is 30.0 Å². The Balaban J connectivity index is 4.54. The first-order valence-corrected chi connectivity index (χ1v) is 5.54. The third-order valence-electron chi connectivity index (χ3n) is 1.89. The van der Waals surface area contributed by atoms with E-state index in [4.69, 9.17) is 8.85 Å². The lowest BCUT2D eigenvalue weighted by molar-refractivity contribution is 0.203. The number of rotatable bonds is 3. The average Bonchev–Trinajstić information content (AvgIpc) is 1.90. The van der Waals surface area contributed by atoms with Crippen molar-refractivity contribution in [3.05, 3.63) is 0 Å². The van der Waals surface area contributed by atoms with E-state index in [1.165, 1.54) is 0 Å². The van der Waals surface area contributed by atoms with Gasteiger partial charge in [0.15, 0.2) is 0 Å². The van der Waals surface area contributed by atoms with Gasteiger partial charge in [-0.3, -0.25) is 4.98 Å². The molecule has 0 fully saturated rings. The molecule has 0 unspecified atom stereocenters. The molecule has 0 saturated carbocycles. The molecule has 0 aromatic carbocycles. The molecular formula is C7H19NO2Si. The molecule has 0 aliphatic carbocycles. The highest BCUT2D eigenvalue weighted by Gasteiger charge is 2.47. The summed E-state index contributed by atoms with van der Waals surface area (Å²) in [6.07, 6.45) is 0. The van der Waals surface area contributed by atoms with Crippen molar-refractivity contribution in [2.45, 2.75) is 25.8 Å². The normalized spacial score (nSPS) is 13.6. The summed E-state index contributed by atoms with van der Waals surface area (Å²) in [6, 6.07) is 0. The molecule has 4 heteroatoms. The molecular weight excluding hydrogens is 158 g/mol. The van der Waals surface area contributed by atoms with Crippen LogP contribution in [0.15, 0.2) is 0 Å². The van der Waals surface area contributed by atoms with Gasteiger partial charge in [-0.2, -0.15) is 0 Å². The standard InChI is InChI=1S/C7H19NO2Si/c1-7(2,3)11(8-4,9-5)10-6/h8H,1-6H3. The first-order valence-electron chi connectivity index (χ1n) is 3.72. The van der Waals surface area contributed by atoms with E-state index in [2.05, 4.69) is 25.8 Å². The van der Waals surface area contributed by atoms with Gasteiger partial charge in [-0.05, 0) is 7.05 Å². The van der Waals surface area contributed by atoms with Crippen molar-refractivity contribution in [1.82, 2.24) is 4.98 Å². The highest BCUT2D eigenvalue weighted by Crippen LogP contribution is 2.34. The van der Waals surface area contributed by atoms with Gasteiger partial charge in [0.1, 0.15) is 0 Å². The molecule has 0 aromatic rings. The Morgan fingerprint density at radius 3 is 1.45 bits per heavy atom. The fourth-order valence-corrected chi connectivity index (χ4v) is 3.82. The van der Waals surface area contributed by atoms with Gasteiger partial charge in [-0.15, -0.1) is 0 Å². The minimum Gasteiger partial charge on any atom is -0.386 e. The van der Waals surface area contributed by atoms with Crippen molar-refractivity contribution in [3.8, 4) is 0 Å². The average molecular weight is 177 g/mol. The van der Waals surface area contributed by atoms with Crippen LogP contribution in [0.25, 0.3) is 0 Å². The summed E-state index contributed by atoms with van der Waals surface area (Å²) in [5.41, 5.74) is 0. The van der Waals surface area contributed by atoms with Gasteiger partial charge in [0.05, 0.1) is 0 Å². The molecule has 0 bridgehead atoms. The SMILES string of the molecule is CN[Si](OC)(OC)C(C)(C)C. The molecule has 11 heavy (non-hydrogen) atoms. The summed E-state index contributed by atoms with van der Waals surface area (Å²) in [5.74, 6) is 0. The van der Waals surface area contributed by atoms with Gasteiger partial charge in [-0.25, -0.2) is 0 Å². The lowest BCUT2D eigenvalue weighted by Crippen LogP contribution is -2.59. The molecule has 0 amide bonds. The number of hydrogen-bond acceptors (Lipinski definition) is 3. The van der Waals surface area contributed by atoms with Crippen LogP contribution < -0.4 is 4.98 Å². The van der Waals surface area contributed by atoms with Crippen molar-refractivity contribution in [1.29, 1.82) is 0 Å². The minimum absolute atomic E-state index is 0.0469. The van der Waals surface area contributed by atoms with E-state index in [-0.39, 0.29) is 5.04 Å². The summed E-state index contributed by atoms with van der Waals surface area (Å²) in [6.45, 7) is 6.34. The van der Waals surface area contributed by atoms with Gasteiger partial charge in [0, 0.05) is 19.3 Å². The van der Waals surface area contributed by atoms with Crippen molar-refractivity contribution in [3.63, 3.8) is 0 Å². The second-order valence-electron chi connectivity index (χ2n) is 3.52. The van der Waals surface area contributed by atoms with Crippen LogP contribution in [0.3, 0.4) is 0 Å². The van der Waals surface area contributed by atoms with E-state index in [0.29, 0.717) is 0 Å². The number of nitrogens with one attached hydrogen (secondary N) is 1. The fraction of sp³-hybridized carbons (Fsp3) is 1.00. The maximum absolute atomic E-state index is 5.41. The molecule has 3 nitrogen and oxygen atoms in total. The third-order valence-corrected chi connectivity index (χ3v) is 5.67. The zero-order valence-electron chi connectivity index (χ0n) is 8.32. The van der Waals surface area contributed by atoms with E-state index < -0.39 is 8.72 Å². The summed E-state index contributed by atoms with van der Waals surface area (Å²) in [5, 5.41) is 0.0469. The van der Waals surface area contributed by atoms with E-state index >= 15 is 0 Å². The smallest absolute Gasteiger partial charge is 0.386 e. The van der Waals surface area contributed by atoms with Gasteiger partial charge in [-0.1, -0.05) is 20.8 Å². The molecule has 0 aliphatic rings. The summed E-state index contributed by atoms with van der Waals surface area (Å²) in [7, 11) is 3.09. The van der Waals surface area contributed by atoms with Crippen molar-refractivity contribution >= 4 is 8.72 Å². The zero-order valence-corrected chi connectivity index (χ0v) is 9.32. The van der Waals surface area contributed by atoms with Crippen molar-refractivity contribution in [2.24, 2.45) is 0 Å². The second kappa shape index (κ2) is 3.67. The van der Waals surface area contributed by atoms with Gasteiger partial charge in [0.2, 0.25) is 0 Å². The minimum atomic E-state index is -2.17. The van der Waals surface area contributed by atoms with Crippen LogP contribution in [0, 0.1) is 0 Å². The summed E-state index contributed by atoms with van der Waals surface area (Å²) in [4.78, 5) is 3.15. The highest BCUT2D eigenvalue weighted by molar-refractivity contribution is 6.67.